The van der Waals surface area contributed by atoms with E-state index in [-0.39, 0.29) is 18.5 Å². The van der Waals surface area contributed by atoms with E-state index in [9.17, 15) is 4.79 Å². The third kappa shape index (κ3) is 54.0. The van der Waals surface area contributed by atoms with Crippen LogP contribution in [0.15, 0.2) is 48.6 Å². The monoisotopic (exact) mass is 986 g/mol. The van der Waals surface area contributed by atoms with Crippen molar-refractivity contribution in [1.82, 2.24) is 4.90 Å². The second-order valence-electron chi connectivity index (χ2n) is 20.7. The molecule has 0 amide bonds. The van der Waals surface area contributed by atoms with E-state index in [2.05, 4.69) is 81.2 Å². The lowest BCUT2D eigenvalue weighted by molar-refractivity contribution is -0.145. The predicted molar refractivity (Wildman–Crippen MR) is 304 cm³/mol. The van der Waals surface area contributed by atoms with Gasteiger partial charge in [0.15, 0.2) is 12.6 Å². The molecule has 7 nitrogen and oxygen atoms in total. The second-order valence-corrected chi connectivity index (χ2v) is 20.7. The summed E-state index contributed by atoms with van der Waals surface area (Å²) in [5, 5.41) is 0. The van der Waals surface area contributed by atoms with Gasteiger partial charge in [0.1, 0.15) is 6.61 Å². The van der Waals surface area contributed by atoms with Gasteiger partial charge in [-0.3, -0.25) is 4.79 Å². The Morgan fingerprint density at radius 3 is 0.957 bits per heavy atom. The van der Waals surface area contributed by atoms with Gasteiger partial charge in [0.2, 0.25) is 0 Å². The zero-order chi connectivity index (χ0) is 50.9. The largest absolute Gasteiger partial charge is 0.464 e. The maximum absolute atomic E-state index is 12.8. The van der Waals surface area contributed by atoms with Crippen molar-refractivity contribution in [3.05, 3.63) is 48.6 Å². The van der Waals surface area contributed by atoms with Crippen LogP contribution in [-0.4, -0.2) is 77.1 Å². The van der Waals surface area contributed by atoms with E-state index < -0.39 is 0 Å². The molecular formula is C63H119NO6. The number of esters is 1. The summed E-state index contributed by atoms with van der Waals surface area (Å²) in [5.74, 6) is 0.414. The Morgan fingerprint density at radius 2 is 0.657 bits per heavy atom. The molecule has 70 heavy (non-hydrogen) atoms. The highest BCUT2D eigenvalue weighted by molar-refractivity contribution is 5.69. The van der Waals surface area contributed by atoms with Crippen LogP contribution in [0.3, 0.4) is 0 Å². The molecule has 0 aliphatic carbocycles. The van der Waals surface area contributed by atoms with Gasteiger partial charge in [-0.15, -0.1) is 0 Å². The minimum absolute atomic E-state index is 0.0156. The van der Waals surface area contributed by atoms with E-state index in [4.69, 9.17) is 23.7 Å². The van der Waals surface area contributed by atoms with Crippen LogP contribution in [0.4, 0.5) is 0 Å². The van der Waals surface area contributed by atoms with Crippen molar-refractivity contribution in [2.24, 2.45) is 5.92 Å². The zero-order valence-electron chi connectivity index (χ0n) is 47.6. The van der Waals surface area contributed by atoms with Gasteiger partial charge in [-0.1, -0.05) is 230 Å². The topological polar surface area (TPSA) is 66.5 Å². The molecule has 0 aliphatic rings. The van der Waals surface area contributed by atoms with Crippen LogP contribution in [0, 0.1) is 5.92 Å². The molecule has 7 heteroatoms. The van der Waals surface area contributed by atoms with E-state index in [1.165, 1.54) is 180 Å². The first-order valence-electron chi connectivity index (χ1n) is 30.3. The lowest BCUT2D eigenvalue weighted by atomic mass is 9.91. The molecule has 0 unspecified atom stereocenters. The normalized spacial score (nSPS) is 13.6. The average Bonchev–Trinajstić information content (AvgIpc) is 3.35. The van der Waals surface area contributed by atoms with Gasteiger partial charge in [0.05, 0.1) is 26.4 Å². The molecule has 0 saturated carbocycles. The van der Waals surface area contributed by atoms with E-state index in [0.29, 0.717) is 45.4 Å². The van der Waals surface area contributed by atoms with Gasteiger partial charge < -0.3 is 28.6 Å². The number of hydrogen-bond acceptors (Lipinski definition) is 7. The van der Waals surface area contributed by atoms with Crippen LogP contribution in [-0.2, 0) is 28.5 Å². The van der Waals surface area contributed by atoms with Crippen LogP contribution in [0.1, 0.15) is 278 Å². The van der Waals surface area contributed by atoms with Crippen LogP contribution in [0.25, 0.3) is 0 Å². The lowest BCUT2D eigenvalue weighted by Gasteiger charge is -2.17. The number of rotatable bonds is 57. The first kappa shape index (κ1) is 68.2. The number of ether oxygens (including phenoxy) is 5. The summed E-state index contributed by atoms with van der Waals surface area (Å²) in [6.45, 7) is 12.9. The molecule has 0 spiro atoms. The summed E-state index contributed by atoms with van der Waals surface area (Å²) in [5.41, 5.74) is 0. The highest BCUT2D eigenvalue weighted by Gasteiger charge is 2.16. The summed E-state index contributed by atoms with van der Waals surface area (Å²) in [6.07, 6.45) is 65.0. The first-order valence-corrected chi connectivity index (χ1v) is 30.3. The first-order chi connectivity index (χ1) is 34.5. The molecule has 0 aliphatic heterocycles. The molecule has 0 radical (unpaired) electrons. The van der Waals surface area contributed by atoms with Gasteiger partial charge in [-0.05, 0) is 110 Å². The van der Waals surface area contributed by atoms with Gasteiger partial charge in [-0.25, -0.2) is 0 Å². The molecule has 412 valence electrons. The molecule has 0 N–H and O–H groups in total. The SMILES string of the molecule is CCCCCCC=CCOC(CCCCCCCCCC(CCCCCCCCCC(OCC=CCCCCCC)OCC=CCCCCCC)CC(=O)OCCN(C)C)OCC=CCCCCCC. The zero-order valence-corrected chi connectivity index (χ0v) is 47.6. The molecule has 0 rings (SSSR count). The standard InChI is InChI=1S/C63H119NO6/c1-7-11-15-19-29-37-45-54-67-62(68-55-46-38-30-20-16-12-8-2)51-43-35-27-23-25-33-41-49-60(59-61(65)66-58-53-64(5)6)50-42-34-26-24-28-36-44-52-63(69-56-47-39-31-21-17-13-9-3)70-57-48-40-32-22-18-14-10-4/h37-40,45-48,60,62-63H,7-36,41-44,49-59H2,1-6H3. The van der Waals surface area contributed by atoms with Crippen molar-refractivity contribution >= 4 is 5.97 Å². The van der Waals surface area contributed by atoms with Crippen molar-refractivity contribution in [2.45, 2.75) is 291 Å². The van der Waals surface area contributed by atoms with Gasteiger partial charge >= 0.3 is 5.97 Å². The Balaban J connectivity index is 4.65. The van der Waals surface area contributed by atoms with Crippen molar-refractivity contribution in [2.75, 3.05) is 53.7 Å². The highest BCUT2D eigenvalue weighted by Crippen LogP contribution is 2.24. The van der Waals surface area contributed by atoms with Gasteiger partial charge in [-0.2, -0.15) is 0 Å². The summed E-state index contributed by atoms with van der Waals surface area (Å²) in [6, 6.07) is 0. The summed E-state index contributed by atoms with van der Waals surface area (Å²) >= 11 is 0. The number of nitrogens with zero attached hydrogens (tertiary/aromatic N) is 1. The molecule has 0 saturated heterocycles. The summed E-state index contributed by atoms with van der Waals surface area (Å²) in [4.78, 5) is 14.9. The third-order valence-corrected chi connectivity index (χ3v) is 13.4. The van der Waals surface area contributed by atoms with Crippen molar-refractivity contribution in [1.29, 1.82) is 0 Å². The summed E-state index contributed by atoms with van der Waals surface area (Å²) in [7, 11) is 4.05. The van der Waals surface area contributed by atoms with Crippen molar-refractivity contribution < 1.29 is 28.5 Å². The quantitative estimate of drug-likeness (QED) is 0.0260. The minimum Gasteiger partial charge on any atom is -0.464 e. The molecule has 0 aromatic heterocycles. The van der Waals surface area contributed by atoms with Crippen LogP contribution in [0.5, 0.6) is 0 Å². The smallest absolute Gasteiger partial charge is 0.306 e. The molecule has 0 heterocycles. The number of unbranched alkanes of at least 4 members (excludes halogenated alkanes) is 28. The third-order valence-electron chi connectivity index (χ3n) is 13.4. The Morgan fingerprint density at radius 1 is 0.371 bits per heavy atom. The molecule has 0 aromatic rings. The predicted octanol–water partition coefficient (Wildman–Crippen LogP) is 18.9. The summed E-state index contributed by atoms with van der Waals surface area (Å²) < 4.78 is 30.4. The number of hydrogen-bond donors (Lipinski definition) is 0. The Hall–Kier alpha value is -1.77. The van der Waals surface area contributed by atoms with Crippen LogP contribution < -0.4 is 0 Å². The van der Waals surface area contributed by atoms with E-state index >= 15 is 0 Å². The molecule has 0 bridgehead atoms. The van der Waals surface area contributed by atoms with Crippen LogP contribution >= 0.6 is 0 Å². The van der Waals surface area contributed by atoms with Crippen molar-refractivity contribution in [3.63, 3.8) is 0 Å². The second kappa shape index (κ2) is 58.1. The molecule has 0 aromatic carbocycles. The van der Waals surface area contributed by atoms with Crippen LogP contribution in [0.2, 0.25) is 0 Å². The molecule has 0 fully saturated rings. The Labute approximate surface area is 436 Å². The molecular weight excluding hydrogens is 867 g/mol. The minimum atomic E-state index is -0.130. The van der Waals surface area contributed by atoms with Crippen molar-refractivity contribution in [3.8, 4) is 0 Å². The maximum Gasteiger partial charge on any atom is 0.306 e. The number of allylic oxidation sites excluding steroid dienone is 4. The average molecular weight is 987 g/mol. The number of carbonyl (C=O) groups is 1. The Bertz CT molecular complexity index is 1030. The fourth-order valence-electron chi connectivity index (χ4n) is 8.82. The van der Waals surface area contributed by atoms with Gasteiger partial charge in [0.25, 0.3) is 0 Å². The highest BCUT2D eigenvalue weighted by atomic mass is 16.7. The molecule has 0 atom stereocenters. The maximum atomic E-state index is 12.8. The van der Waals surface area contributed by atoms with E-state index in [1.54, 1.807) is 0 Å². The fourth-order valence-corrected chi connectivity index (χ4v) is 8.82. The number of likely N-dealkylation sites (N-methyl/N-ethyl adjacent to an activating group) is 1. The fraction of sp³-hybridized carbons (Fsp3) is 0.857. The lowest BCUT2D eigenvalue weighted by Crippen LogP contribution is -2.21. The number of carbonyl (C=O) groups excluding carboxylic acids is 1. The Kier molecular flexibility index (Phi) is 56.7. The van der Waals surface area contributed by atoms with E-state index in [1.807, 2.05) is 14.1 Å². The van der Waals surface area contributed by atoms with Gasteiger partial charge in [0, 0.05) is 13.0 Å². The van der Waals surface area contributed by atoms with E-state index in [0.717, 1.165) is 70.8 Å².